The minimum atomic E-state index is 0.619. The standard InChI is InChI=1S/C17H25N3O/c1-2-20-17-8-4-3-7-15(17)16(19-20)13-21-11-9-14-6-5-10-18-12-14/h3-4,7-8,14,18H,2,5-6,9-13H2,1H3. The fourth-order valence-electron chi connectivity index (χ4n) is 3.13. The number of ether oxygens (including phenoxy) is 1. The molecular formula is C17H25N3O. The van der Waals surface area contributed by atoms with E-state index in [2.05, 4.69) is 46.3 Å². The molecule has 2 aromatic rings. The van der Waals surface area contributed by atoms with Crippen LogP contribution in [0.1, 0.15) is 31.9 Å². The molecule has 1 aliphatic heterocycles. The van der Waals surface area contributed by atoms with Crippen molar-refractivity contribution in [2.24, 2.45) is 5.92 Å². The van der Waals surface area contributed by atoms with E-state index in [1.54, 1.807) is 0 Å². The molecule has 0 radical (unpaired) electrons. The Labute approximate surface area is 126 Å². The van der Waals surface area contributed by atoms with Gasteiger partial charge in [-0.1, -0.05) is 18.2 Å². The van der Waals surface area contributed by atoms with Crippen LogP contribution in [0.3, 0.4) is 0 Å². The van der Waals surface area contributed by atoms with Gasteiger partial charge in [0, 0.05) is 18.5 Å². The van der Waals surface area contributed by atoms with Gasteiger partial charge in [0.05, 0.1) is 17.8 Å². The summed E-state index contributed by atoms with van der Waals surface area (Å²) in [7, 11) is 0. The number of nitrogens with zero attached hydrogens (tertiary/aromatic N) is 2. The number of aryl methyl sites for hydroxylation is 1. The molecule has 1 unspecified atom stereocenters. The molecule has 21 heavy (non-hydrogen) atoms. The summed E-state index contributed by atoms with van der Waals surface area (Å²) < 4.78 is 7.94. The van der Waals surface area contributed by atoms with Gasteiger partial charge < -0.3 is 10.1 Å². The molecule has 3 rings (SSSR count). The first-order valence-corrected chi connectivity index (χ1v) is 8.11. The molecule has 1 atom stereocenters. The van der Waals surface area contributed by atoms with Crippen molar-refractivity contribution in [2.45, 2.75) is 39.3 Å². The maximum Gasteiger partial charge on any atom is 0.0960 e. The molecule has 0 aliphatic carbocycles. The molecule has 0 bridgehead atoms. The molecule has 2 heterocycles. The van der Waals surface area contributed by atoms with Crippen LogP contribution in [0.2, 0.25) is 0 Å². The minimum absolute atomic E-state index is 0.619. The van der Waals surface area contributed by atoms with Crippen molar-refractivity contribution in [3.8, 4) is 0 Å². The van der Waals surface area contributed by atoms with Gasteiger partial charge in [0.2, 0.25) is 0 Å². The van der Waals surface area contributed by atoms with Gasteiger partial charge in [-0.05, 0) is 51.3 Å². The smallest absolute Gasteiger partial charge is 0.0960 e. The molecule has 4 heteroatoms. The van der Waals surface area contributed by atoms with E-state index in [1.165, 1.54) is 30.3 Å². The van der Waals surface area contributed by atoms with Crippen LogP contribution in [-0.4, -0.2) is 29.5 Å². The average Bonchev–Trinajstić information content (AvgIpc) is 2.91. The van der Waals surface area contributed by atoms with E-state index in [9.17, 15) is 0 Å². The molecule has 1 aromatic heterocycles. The fraction of sp³-hybridized carbons (Fsp3) is 0.588. The van der Waals surface area contributed by atoms with Crippen molar-refractivity contribution < 1.29 is 4.74 Å². The summed E-state index contributed by atoms with van der Waals surface area (Å²) in [4.78, 5) is 0. The van der Waals surface area contributed by atoms with Gasteiger partial charge in [-0.2, -0.15) is 5.10 Å². The maximum atomic E-state index is 5.88. The molecule has 4 nitrogen and oxygen atoms in total. The number of benzene rings is 1. The second-order valence-corrected chi connectivity index (χ2v) is 5.83. The molecule has 0 amide bonds. The fourth-order valence-corrected chi connectivity index (χ4v) is 3.13. The molecule has 0 spiro atoms. The Bertz CT molecular complexity index is 572. The third kappa shape index (κ3) is 3.44. The van der Waals surface area contributed by atoms with E-state index < -0.39 is 0 Å². The highest BCUT2D eigenvalue weighted by Crippen LogP contribution is 2.19. The first-order chi connectivity index (χ1) is 10.4. The zero-order valence-corrected chi connectivity index (χ0v) is 12.8. The number of rotatable bonds is 6. The van der Waals surface area contributed by atoms with Crippen LogP contribution < -0.4 is 5.32 Å². The molecule has 0 saturated carbocycles. The summed E-state index contributed by atoms with van der Waals surface area (Å²) in [6.07, 6.45) is 3.79. The van der Waals surface area contributed by atoms with E-state index in [4.69, 9.17) is 4.74 Å². The zero-order chi connectivity index (χ0) is 14.5. The van der Waals surface area contributed by atoms with Gasteiger partial charge in [-0.3, -0.25) is 4.68 Å². The van der Waals surface area contributed by atoms with E-state index in [0.29, 0.717) is 6.61 Å². The van der Waals surface area contributed by atoms with Crippen LogP contribution in [0.4, 0.5) is 0 Å². The van der Waals surface area contributed by atoms with Crippen LogP contribution in [0.5, 0.6) is 0 Å². The van der Waals surface area contributed by atoms with Gasteiger partial charge in [0.1, 0.15) is 0 Å². The number of fused-ring (bicyclic) bond motifs is 1. The van der Waals surface area contributed by atoms with Crippen molar-refractivity contribution >= 4 is 10.9 Å². The molecule has 1 N–H and O–H groups in total. The summed E-state index contributed by atoms with van der Waals surface area (Å²) in [5.74, 6) is 0.781. The maximum absolute atomic E-state index is 5.88. The minimum Gasteiger partial charge on any atom is -0.375 e. The Kier molecular flexibility index (Phi) is 4.88. The van der Waals surface area contributed by atoms with E-state index in [-0.39, 0.29) is 0 Å². The first-order valence-electron chi connectivity index (χ1n) is 8.11. The second-order valence-electron chi connectivity index (χ2n) is 5.83. The number of nitrogens with one attached hydrogen (secondary N) is 1. The molecule has 114 valence electrons. The third-order valence-corrected chi connectivity index (χ3v) is 4.34. The Hall–Kier alpha value is -1.39. The van der Waals surface area contributed by atoms with Gasteiger partial charge in [0.25, 0.3) is 0 Å². The SMILES string of the molecule is CCn1nc(COCCC2CCCNC2)c2ccccc21. The Morgan fingerprint density at radius 2 is 2.29 bits per heavy atom. The van der Waals surface area contributed by atoms with Crippen LogP contribution in [0.15, 0.2) is 24.3 Å². The van der Waals surface area contributed by atoms with Crippen molar-refractivity contribution in [3.05, 3.63) is 30.0 Å². The number of hydrogen-bond acceptors (Lipinski definition) is 3. The van der Waals surface area contributed by atoms with Crippen LogP contribution in [0.25, 0.3) is 10.9 Å². The lowest BCUT2D eigenvalue weighted by Crippen LogP contribution is -2.30. The largest absolute Gasteiger partial charge is 0.375 e. The predicted octanol–water partition coefficient (Wildman–Crippen LogP) is 2.96. The number of para-hydroxylation sites is 1. The summed E-state index contributed by atoms with van der Waals surface area (Å²) in [6.45, 7) is 6.80. The molecule has 1 fully saturated rings. The quantitative estimate of drug-likeness (QED) is 0.830. The first kappa shape index (κ1) is 14.5. The number of hydrogen-bond donors (Lipinski definition) is 1. The lowest BCUT2D eigenvalue weighted by molar-refractivity contribution is 0.101. The molecule has 1 aromatic carbocycles. The van der Waals surface area contributed by atoms with Gasteiger partial charge in [-0.15, -0.1) is 0 Å². The van der Waals surface area contributed by atoms with Crippen molar-refractivity contribution in [3.63, 3.8) is 0 Å². The zero-order valence-electron chi connectivity index (χ0n) is 12.8. The average molecular weight is 287 g/mol. The predicted molar refractivity (Wildman–Crippen MR) is 85.3 cm³/mol. The summed E-state index contributed by atoms with van der Waals surface area (Å²) in [5, 5.41) is 9.35. The highest BCUT2D eigenvalue weighted by molar-refractivity contribution is 5.81. The van der Waals surface area contributed by atoms with Crippen LogP contribution >= 0.6 is 0 Å². The van der Waals surface area contributed by atoms with Gasteiger partial charge >= 0.3 is 0 Å². The lowest BCUT2D eigenvalue weighted by Gasteiger charge is -2.22. The van der Waals surface area contributed by atoms with E-state index in [0.717, 1.165) is 37.7 Å². The van der Waals surface area contributed by atoms with Crippen molar-refractivity contribution in [2.75, 3.05) is 19.7 Å². The van der Waals surface area contributed by atoms with E-state index >= 15 is 0 Å². The highest BCUT2D eigenvalue weighted by atomic mass is 16.5. The summed E-state index contributed by atoms with van der Waals surface area (Å²) >= 11 is 0. The van der Waals surface area contributed by atoms with Crippen molar-refractivity contribution in [1.82, 2.24) is 15.1 Å². The molecule has 1 aliphatic rings. The topological polar surface area (TPSA) is 39.1 Å². The van der Waals surface area contributed by atoms with Crippen LogP contribution in [-0.2, 0) is 17.9 Å². The Balaban J connectivity index is 1.55. The van der Waals surface area contributed by atoms with Gasteiger partial charge in [0.15, 0.2) is 0 Å². The third-order valence-electron chi connectivity index (χ3n) is 4.34. The normalized spacial score (nSPS) is 19.2. The number of aromatic nitrogens is 2. The monoisotopic (exact) mass is 287 g/mol. The van der Waals surface area contributed by atoms with E-state index in [1.807, 2.05) is 0 Å². The van der Waals surface area contributed by atoms with Crippen LogP contribution in [0, 0.1) is 5.92 Å². The van der Waals surface area contributed by atoms with Gasteiger partial charge in [-0.25, -0.2) is 0 Å². The number of piperidine rings is 1. The molecule has 1 saturated heterocycles. The lowest BCUT2D eigenvalue weighted by atomic mass is 9.97. The summed E-state index contributed by atoms with van der Waals surface area (Å²) in [5.41, 5.74) is 2.27. The Morgan fingerprint density at radius 3 is 3.10 bits per heavy atom. The van der Waals surface area contributed by atoms with Crippen molar-refractivity contribution in [1.29, 1.82) is 0 Å². The summed E-state index contributed by atoms with van der Waals surface area (Å²) in [6, 6.07) is 8.40. The second kappa shape index (κ2) is 7.05. The Morgan fingerprint density at radius 1 is 1.38 bits per heavy atom. The highest BCUT2D eigenvalue weighted by Gasteiger charge is 2.13. The molecular weight excluding hydrogens is 262 g/mol.